The van der Waals surface area contributed by atoms with Gasteiger partial charge < -0.3 is 5.32 Å². The van der Waals surface area contributed by atoms with Crippen LogP contribution < -0.4 is 5.32 Å². The van der Waals surface area contributed by atoms with Crippen molar-refractivity contribution in [3.8, 4) is 0 Å². The molecule has 0 radical (unpaired) electrons. The van der Waals surface area contributed by atoms with E-state index >= 15 is 0 Å². The van der Waals surface area contributed by atoms with Gasteiger partial charge in [0, 0.05) is 37.2 Å². The molecule has 1 aliphatic rings. The predicted octanol–water partition coefficient (Wildman–Crippen LogP) is 4.74. The number of benzene rings is 1. The van der Waals surface area contributed by atoms with E-state index in [0.717, 1.165) is 45.1 Å². The van der Waals surface area contributed by atoms with Crippen LogP contribution in [0.15, 0.2) is 18.2 Å². The van der Waals surface area contributed by atoms with Crippen molar-refractivity contribution < 1.29 is 13.2 Å². The van der Waals surface area contributed by atoms with E-state index in [1.54, 1.807) is 12.1 Å². The lowest BCUT2D eigenvalue weighted by Crippen LogP contribution is -2.47. The van der Waals surface area contributed by atoms with Gasteiger partial charge in [0.25, 0.3) is 0 Å². The highest BCUT2D eigenvalue weighted by molar-refractivity contribution is 6.30. The van der Waals surface area contributed by atoms with Crippen molar-refractivity contribution in [3.05, 3.63) is 34.3 Å². The summed E-state index contributed by atoms with van der Waals surface area (Å²) in [5.41, 5.74) is -0.249. The van der Waals surface area contributed by atoms with Crippen molar-refractivity contribution in [2.75, 3.05) is 26.2 Å². The SMILES string of the molecule is CCCC(C)[C@H](c1ccc(Cl)cc1C(F)(F)F)N1CCNCC1. The lowest BCUT2D eigenvalue weighted by atomic mass is 9.86. The highest BCUT2D eigenvalue weighted by atomic mass is 35.5. The fraction of sp³-hybridized carbons (Fsp3) is 0.647. The van der Waals surface area contributed by atoms with Crippen LogP contribution in [-0.4, -0.2) is 31.1 Å². The molecule has 2 atom stereocenters. The van der Waals surface area contributed by atoms with E-state index in [4.69, 9.17) is 11.6 Å². The van der Waals surface area contributed by atoms with Gasteiger partial charge in [0.2, 0.25) is 0 Å². The number of hydrogen-bond donors (Lipinski definition) is 1. The smallest absolute Gasteiger partial charge is 0.314 e. The first kappa shape index (κ1) is 18.6. The van der Waals surface area contributed by atoms with Gasteiger partial charge in [-0.05, 0) is 30.0 Å². The minimum atomic E-state index is -4.39. The number of piperazine rings is 1. The Balaban J connectivity index is 2.45. The first-order valence-electron chi connectivity index (χ1n) is 8.16. The molecule has 2 nitrogen and oxygen atoms in total. The zero-order valence-corrected chi connectivity index (χ0v) is 14.3. The van der Waals surface area contributed by atoms with Gasteiger partial charge in [0.05, 0.1) is 5.56 Å². The molecule has 1 aliphatic heterocycles. The molecule has 1 saturated heterocycles. The molecule has 1 aromatic carbocycles. The molecule has 1 N–H and O–H groups in total. The number of hydrogen-bond acceptors (Lipinski definition) is 2. The summed E-state index contributed by atoms with van der Waals surface area (Å²) in [6.45, 7) is 7.26. The molecule has 130 valence electrons. The Hall–Kier alpha value is -0.780. The second kappa shape index (κ2) is 7.86. The Kier molecular flexibility index (Phi) is 6.34. The molecule has 23 heavy (non-hydrogen) atoms. The predicted molar refractivity (Wildman–Crippen MR) is 87.7 cm³/mol. The molecule has 0 saturated carbocycles. The van der Waals surface area contributed by atoms with Crippen molar-refractivity contribution in [2.24, 2.45) is 5.92 Å². The van der Waals surface area contributed by atoms with Crippen molar-refractivity contribution in [1.29, 1.82) is 0 Å². The van der Waals surface area contributed by atoms with Crippen molar-refractivity contribution in [3.63, 3.8) is 0 Å². The molecule has 0 bridgehead atoms. The second-order valence-corrected chi connectivity index (χ2v) is 6.66. The van der Waals surface area contributed by atoms with E-state index < -0.39 is 11.7 Å². The van der Waals surface area contributed by atoms with Gasteiger partial charge in [-0.15, -0.1) is 0 Å². The Labute approximate surface area is 141 Å². The first-order chi connectivity index (χ1) is 10.8. The van der Waals surface area contributed by atoms with E-state index in [2.05, 4.69) is 17.1 Å². The largest absolute Gasteiger partial charge is 0.416 e. The molecule has 0 aliphatic carbocycles. The molecule has 0 amide bonds. The van der Waals surface area contributed by atoms with Gasteiger partial charge >= 0.3 is 6.18 Å². The molecule has 1 aromatic rings. The Morgan fingerprint density at radius 1 is 1.26 bits per heavy atom. The number of alkyl halides is 3. The zero-order chi connectivity index (χ0) is 17.0. The van der Waals surface area contributed by atoms with Gasteiger partial charge in [-0.3, -0.25) is 4.90 Å². The normalized spacial score (nSPS) is 19.6. The monoisotopic (exact) mass is 348 g/mol. The van der Waals surface area contributed by atoms with Crippen LogP contribution in [0.3, 0.4) is 0 Å². The summed E-state index contributed by atoms with van der Waals surface area (Å²) in [5.74, 6) is 0.153. The number of nitrogens with zero attached hydrogens (tertiary/aromatic N) is 1. The second-order valence-electron chi connectivity index (χ2n) is 6.23. The summed E-state index contributed by atoms with van der Waals surface area (Å²) in [6.07, 6.45) is -2.54. The lowest BCUT2D eigenvalue weighted by molar-refractivity contribution is -0.139. The van der Waals surface area contributed by atoms with E-state index in [0.29, 0.717) is 5.56 Å². The average Bonchev–Trinajstić information content (AvgIpc) is 2.49. The molecular weight excluding hydrogens is 325 g/mol. The fourth-order valence-electron chi connectivity index (χ4n) is 3.47. The third-order valence-electron chi connectivity index (χ3n) is 4.47. The van der Waals surface area contributed by atoms with E-state index in [1.165, 1.54) is 0 Å². The summed E-state index contributed by atoms with van der Waals surface area (Å²) in [7, 11) is 0. The van der Waals surface area contributed by atoms with Crippen LogP contribution in [0.5, 0.6) is 0 Å². The summed E-state index contributed by atoms with van der Waals surface area (Å²) >= 11 is 5.83. The van der Waals surface area contributed by atoms with Crippen LogP contribution in [0.25, 0.3) is 0 Å². The molecule has 1 unspecified atom stereocenters. The van der Waals surface area contributed by atoms with Gasteiger partial charge in [0.15, 0.2) is 0 Å². The summed E-state index contributed by atoms with van der Waals surface area (Å²) < 4.78 is 40.5. The van der Waals surface area contributed by atoms with Crippen LogP contribution in [0.2, 0.25) is 5.02 Å². The Morgan fingerprint density at radius 2 is 1.91 bits per heavy atom. The highest BCUT2D eigenvalue weighted by Crippen LogP contribution is 2.41. The van der Waals surface area contributed by atoms with Crippen LogP contribution in [0.4, 0.5) is 13.2 Å². The molecule has 1 fully saturated rings. The Morgan fingerprint density at radius 3 is 2.48 bits per heavy atom. The van der Waals surface area contributed by atoms with Gasteiger partial charge in [-0.25, -0.2) is 0 Å². The van der Waals surface area contributed by atoms with Crippen LogP contribution in [0.1, 0.15) is 43.9 Å². The third kappa shape index (κ3) is 4.61. The van der Waals surface area contributed by atoms with Crippen LogP contribution >= 0.6 is 11.6 Å². The maximum Gasteiger partial charge on any atom is 0.416 e. The van der Waals surface area contributed by atoms with Crippen LogP contribution in [-0.2, 0) is 6.18 Å². The quantitative estimate of drug-likeness (QED) is 0.826. The summed E-state index contributed by atoms with van der Waals surface area (Å²) in [6, 6.07) is 3.96. The maximum atomic E-state index is 13.5. The molecule has 0 spiro atoms. The minimum Gasteiger partial charge on any atom is -0.314 e. The fourth-order valence-corrected chi connectivity index (χ4v) is 3.64. The van der Waals surface area contributed by atoms with Crippen molar-refractivity contribution in [2.45, 2.75) is 38.9 Å². The van der Waals surface area contributed by atoms with Crippen molar-refractivity contribution >= 4 is 11.6 Å². The standard InChI is InChI=1S/C17H24ClF3N2/c1-3-4-12(2)16(23-9-7-22-8-10-23)14-6-5-13(18)11-15(14)17(19,20)21/h5-6,11-12,16,22H,3-4,7-10H2,1-2H3/t12?,16-/m1/s1. The molecule has 6 heteroatoms. The number of halogens is 4. The lowest BCUT2D eigenvalue weighted by Gasteiger charge is -2.39. The van der Waals surface area contributed by atoms with E-state index in [9.17, 15) is 13.2 Å². The Bertz CT molecular complexity index is 513. The average molecular weight is 349 g/mol. The summed E-state index contributed by atoms with van der Waals surface area (Å²) in [4.78, 5) is 2.18. The maximum absolute atomic E-state index is 13.5. The first-order valence-corrected chi connectivity index (χ1v) is 8.53. The molecular formula is C17H24ClF3N2. The van der Waals surface area contributed by atoms with Gasteiger partial charge in [-0.2, -0.15) is 13.2 Å². The molecule has 2 rings (SSSR count). The van der Waals surface area contributed by atoms with Crippen molar-refractivity contribution in [1.82, 2.24) is 10.2 Å². The van der Waals surface area contributed by atoms with E-state index in [-0.39, 0.29) is 17.0 Å². The van der Waals surface area contributed by atoms with Crippen LogP contribution in [0, 0.1) is 5.92 Å². The zero-order valence-electron chi connectivity index (χ0n) is 13.6. The molecule has 1 heterocycles. The minimum absolute atomic E-state index is 0.128. The highest BCUT2D eigenvalue weighted by Gasteiger charge is 2.38. The number of nitrogens with one attached hydrogen (secondary N) is 1. The van der Waals surface area contributed by atoms with E-state index in [1.807, 2.05) is 6.92 Å². The molecule has 0 aromatic heterocycles. The topological polar surface area (TPSA) is 15.3 Å². The van der Waals surface area contributed by atoms with Gasteiger partial charge in [0.1, 0.15) is 0 Å². The summed E-state index contributed by atoms with van der Waals surface area (Å²) in [5, 5.41) is 3.39. The third-order valence-corrected chi connectivity index (χ3v) is 4.70. The van der Waals surface area contributed by atoms with Gasteiger partial charge in [-0.1, -0.05) is 37.9 Å². The number of rotatable bonds is 5.